The van der Waals surface area contributed by atoms with Crippen LogP contribution in [-0.4, -0.2) is 17.9 Å². The van der Waals surface area contributed by atoms with Crippen LogP contribution < -0.4 is 5.01 Å². The lowest BCUT2D eigenvalue weighted by Gasteiger charge is -2.35. The molecule has 1 aromatic rings. The van der Waals surface area contributed by atoms with E-state index < -0.39 is 0 Å². The van der Waals surface area contributed by atoms with E-state index in [0.717, 1.165) is 12.7 Å². The van der Waals surface area contributed by atoms with Crippen molar-refractivity contribution in [2.24, 2.45) is 16.9 Å². The molecule has 0 aromatic heterocycles. The van der Waals surface area contributed by atoms with Gasteiger partial charge in [-0.05, 0) is 25.0 Å². The van der Waals surface area contributed by atoms with Crippen molar-refractivity contribution in [2.75, 3.05) is 5.01 Å². The van der Waals surface area contributed by atoms with Gasteiger partial charge in [-0.3, -0.25) is 9.59 Å². The van der Waals surface area contributed by atoms with Crippen LogP contribution in [-0.2, 0) is 9.59 Å². The Hall–Kier alpha value is -2.23. The van der Waals surface area contributed by atoms with Crippen LogP contribution in [0.5, 0.6) is 0 Å². The van der Waals surface area contributed by atoms with Crippen molar-refractivity contribution in [3.8, 4) is 0 Å². The van der Waals surface area contributed by atoms with Crippen molar-refractivity contribution in [1.82, 2.24) is 0 Å². The number of hydrazone groups is 1. The second kappa shape index (κ2) is 4.80. The molecule has 2 aliphatic rings. The summed E-state index contributed by atoms with van der Waals surface area (Å²) in [5, 5.41) is 5.60. The minimum absolute atomic E-state index is 0.0221. The first-order valence-corrected chi connectivity index (χ1v) is 6.39. The van der Waals surface area contributed by atoms with E-state index in [1.807, 2.05) is 42.5 Å². The fraction of sp³-hybridized carbons (Fsp3) is 0.267. The summed E-state index contributed by atoms with van der Waals surface area (Å²) in [6, 6.07) is 9.23. The van der Waals surface area contributed by atoms with Crippen LogP contribution in [0.3, 0.4) is 0 Å². The Morgan fingerprint density at radius 2 is 1.79 bits per heavy atom. The number of benzene rings is 1. The number of rotatable bonds is 2. The molecule has 0 radical (unpaired) electrons. The van der Waals surface area contributed by atoms with E-state index in [2.05, 4.69) is 5.10 Å². The third-order valence-electron chi connectivity index (χ3n) is 3.68. The topological polar surface area (TPSA) is 49.7 Å². The molecule has 2 atom stereocenters. The third kappa shape index (κ3) is 1.99. The molecule has 1 aromatic carbocycles. The molecular formula is C15H14N2O2. The minimum Gasteiger partial charge on any atom is -0.296 e. The first-order valence-electron chi connectivity index (χ1n) is 6.39. The predicted octanol–water partition coefficient (Wildman–Crippen LogP) is 2.17. The molecule has 2 unspecified atom stereocenters. The minimum atomic E-state index is -0.164. The summed E-state index contributed by atoms with van der Waals surface area (Å²) in [5.41, 5.74) is 1.18. The first kappa shape index (κ1) is 11.8. The van der Waals surface area contributed by atoms with Crippen LogP contribution in [0.15, 0.2) is 47.6 Å². The van der Waals surface area contributed by atoms with E-state index in [4.69, 9.17) is 0 Å². The molecule has 0 N–H and O–H groups in total. The number of aldehydes is 1. The van der Waals surface area contributed by atoms with E-state index in [0.29, 0.717) is 17.8 Å². The van der Waals surface area contributed by atoms with Gasteiger partial charge in [-0.2, -0.15) is 5.10 Å². The molecule has 0 bridgehead atoms. The Balaban J connectivity index is 2.03. The van der Waals surface area contributed by atoms with Crippen molar-refractivity contribution < 1.29 is 9.59 Å². The summed E-state index contributed by atoms with van der Waals surface area (Å²) in [5.74, 6) is -0.246. The normalized spacial score (nSPS) is 25.8. The van der Waals surface area contributed by atoms with Gasteiger partial charge in [-0.25, -0.2) is 5.01 Å². The lowest BCUT2D eigenvalue weighted by atomic mass is 9.78. The van der Waals surface area contributed by atoms with Gasteiger partial charge < -0.3 is 0 Å². The Bertz CT molecular complexity index is 563. The first-order chi connectivity index (χ1) is 9.31. The highest BCUT2D eigenvalue weighted by atomic mass is 16.2. The van der Waals surface area contributed by atoms with Gasteiger partial charge in [0, 0.05) is 5.92 Å². The number of carbonyl (C=O) groups excluding carboxylic acids is 2. The Labute approximate surface area is 111 Å². The smallest absolute Gasteiger partial charge is 0.251 e. The average molecular weight is 254 g/mol. The van der Waals surface area contributed by atoms with Crippen LogP contribution in [0.25, 0.3) is 0 Å². The van der Waals surface area contributed by atoms with E-state index >= 15 is 0 Å². The van der Waals surface area contributed by atoms with E-state index in [1.165, 1.54) is 5.01 Å². The lowest BCUT2D eigenvalue weighted by molar-refractivity contribution is -0.123. The second-order valence-corrected chi connectivity index (χ2v) is 4.78. The number of hydrogen-bond acceptors (Lipinski definition) is 3. The molecule has 3 rings (SSSR count). The van der Waals surface area contributed by atoms with Crippen LogP contribution in [0, 0.1) is 11.8 Å². The van der Waals surface area contributed by atoms with Crippen molar-refractivity contribution in [2.45, 2.75) is 12.8 Å². The number of allylic oxidation sites excluding steroid dienone is 2. The standard InChI is InChI=1S/C15H14N2O2/c18-10-14-12-8-4-5-9-13(12)15(19)17(16-14)11-6-2-1-3-7-11/h1-7,10,12-13H,8-9H2. The molecule has 0 saturated heterocycles. The molecule has 1 heterocycles. The van der Waals surface area contributed by atoms with E-state index in [1.54, 1.807) is 0 Å². The zero-order chi connectivity index (χ0) is 13.2. The van der Waals surface area contributed by atoms with Crippen molar-refractivity contribution in [3.63, 3.8) is 0 Å². The number of para-hydroxylation sites is 1. The van der Waals surface area contributed by atoms with Crippen LogP contribution in [0.4, 0.5) is 5.69 Å². The molecule has 96 valence electrons. The van der Waals surface area contributed by atoms with Gasteiger partial charge in [-0.1, -0.05) is 30.4 Å². The molecule has 19 heavy (non-hydrogen) atoms. The summed E-state index contributed by atoms with van der Waals surface area (Å²) in [6.07, 6.45) is 6.21. The highest BCUT2D eigenvalue weighted by Gasteiger charge is 2.39. The van der Waals surface area contributed by atoms with E-state index in [-0.39, 0.29) is 17.7 Å². The van der Waals surface area contributed by atoms with Crippen molar-refractivity contribution >= 4 is 23.6 Å². The predicted molar refractivity (Wildman–Crippen MR) is 72.8 cm³/mol. The number of nitrogens with zero attached hydrogens (tertiary/aromatic N) is 2. The molecule has 0 spiro atoms. The zero-order valence-electron chi connectivity index (χ0n) is 10.4. The SMILES string of the molecule is O=CC1=NN(c2ccccc2)C(=O)C2CC=CCC12. The van der Waals surface area contributed by atoms with Gasteiger partial charge in [0.25, 0.3) is 5.91 Å². The number of amides is 1. The average Bonchev–Trinajstić information content (AvgIpc) is 2.49. The fourth-order valence-corrected chi connectivity index (χ4v) is 2.68. The number of fused-ring (bicyclic) bond motifs is 1. The largest absolute Gasteiger partial charge is 0.296 e. The van der Waals surface area contributed by atoms with Crippen molar-refractivity contribution in [3.05, 3.63) is 42.5 Å². The molecule has 0 saturated carbocycles. The van der Waals surface area contributed by atoms with Gasteiger partial charge in [0.2, 0.25) is 0 Å². The second-order valence-electron chi connectivity index (χ2n) is 4.78. The Kier molecular flexibility index (Phi) is 2.99. The maximum absolute atomic E-state index is 12.5. The number of hydrogen-bond donors (Lipinski definition) is 0. The molecule has 0 fully saturated rings. The molecule has 4 heteroatoms. The van der Waals surface area contributed by atoms with Crippen LogP contribution >= 0.6 is 0 Å². The summed E-state index contributed by atoms with van der Waals surface area (Å²) in [4.78, 5) is 23.7. The van der Waals surface area contributed by atoms with Crippen LogP contribution in [0.1, 0.15) is 12.8 Å². The van der Waals surface area contributed by atoms with Crippen LogP contribution in [0.2, 0.25) is 0 Å². The molecule has 1 aliphatic heterocycles. The Morgan fingerprint density at radius 1 is 1.11 bits per heavy atom. The highest BCUT2D eigenvalue weighted by molar-refractivity contribution is 6.31. The third-order valence-corrected chi connectivity index (χ3v) is 3.68. The molecular weight excluding hydrogens is 240 g/mol. The molecule has 1 amide bonds. The monoisotopic (exact) mass is 254 g/mol. The maximum Gasteiger partial charge on any atom is 0.251 e. The Morgan fingerprint density at radius 3 is 2.47 bits per heavy atom. The number of carbonyl (C=O) groups is 2. The van der Waals surface area contributed by atoms with Gasteiger partial charge in [-0.15, -0.1) is 0 Å². The van der Waals surface area contributed by atoms with Gasteiger partial charge in [0.15, 0.2) is 6.29 Å². The summed E-state index contributed by atoms with van der Waals surface area (Å²) in [7, 11) is 0. The van der Waals surface area contributed by atoms with Crippen molar-refractivity contribution in [1.29, 1.82) is 0 Å². The lowest BCUT2D eigenvalue weighted by Crippen LogP contribution is -2.45. The number of anilines is 1. The van der Waals surface area contributed by atoms with Gasteiger partial charge in [0.1, 0.15) is 5.71 Å². The van der Waals surface area contributed by atoms with Gasteiger partial charge >= 0.3 is 0 Å². The van der Waals surface area contributed by atoms with E-state index in [9.17, 15) is 9.59 Å². The highest BCUT2D eigenvalue weighted by Crippen LogP contribution is 2.33. The van der Waals surface area contributed by atoms with Gasteiger partial charge in [0.05, 0.1) is 11.6 Å². The molecule has 1 aliphatic carbocycles. The quantitative estimate of drug-likeness (QED) is 0.600. The summed E-state index contributed by atoms with van der Waals surface area (Å²) < 4.78 is 0. The fourth-order valence-electron chi connectivity index (χ4n) is 2.68. The maximum atomic E-state index is 12.5. The zero-order valence-corrected chi connectivity index (χ0v) is 10.4. The molecule has 4 nitrogen and oxygen atoms in total. The summed E-state index contributed by atoms with van der Waals surface area (Å²) in [6.45, 7) is 0. The summed E-state index contributed by atoms with van der Waals surface area (Å²) >= 11 is 0.